The average molecular weight is 206 g/mol. The molecule has 0 saturated carbocycles. The molecule has 0 fully saturated rings. The summed E-state index contributed by atoms with van der Waals surface area (Å²) in [5.41, 5.74) is 2.36. The summed E-state index contributed by atoms with van der Waals surface area (Å²) in [6, 6.07) is 8.82. The van der Waals surface area contributed by atoms with Crippen molar-refractivity contribution >= 4 is 11.3 Å². The molecular weight excluding hydrogens is 195 g/mol. The van der Waals surface area contributed by atoms with Gasteiger partial charge in [0.2, 0.25) is 0 Å². The number of aryl methyl sites for hydroxylation is 2. The third kappa shape index (κ3) is 1.70. The Morgan fingerprint density at radius 3 is 2.21 bits per heavy atom. The minimum atomic E-state index is -0.181. The standard InChI is InChI=1S/C12H11FS/c1-8-7-9(2)14-12(8)10-3-5-11(13)6-4-10/h3-7H,1-2H3. The Morgan fingerprint density at radius 2 is 1.71 bits per heavy atom. The van der Waals surface area contributed by atoms with E-state index in [1.165, 1.54) is 27.5 Å². The van der Waals surface area contributed by atoms with Gasteiger partial charge >= 0.3 is 0 Å². The molecule has 0 aliphatic rings. The van der Waals surface area contributed by atoms with E-state index >= 15 is 0 Å². The van der Waals surface area contributed by atoms with Gasteiger partial charge in [0.25, 0.3) is 0 Å². The summed E-state index contributed by atoms with van der Waals surface area (Å²) < 4.78 is 12.7. The van der Waals surface area contributed by atoms with Gasteiger partial charge in [0.1, 0.15) is 5.82 Å². The summed E-state index contributed by atoms with van der Waals surface area (Å²) in [6.45, 7) is 4.17. The number of rotatable bonds is 1. The molecule has 0 radical (unpaired) electrons. The second kappa shape index (κ2) is 3.54. The normalized spacial score (nSPS) is 10.5. The van der Waals surface area contributed by atoms with Crippen LogP contribution in [0.1, 0.15) is 10.4 Å². The highest BCUT2D eigenvalue weighted by Crippen LogP contribution is 2.31. The smallest absolute Gasteiger partial charge is 0.123 e. The Hall–Kier alpha value is -1.15. The quantitative estimate of drug-likeness (QED) is 0.657. The SMILES string of the molecule is Cc1cc(C)c(-c2ccc(F)cc2)s1. The van der Waals surface area contributed by atoms with Gasteiger partial charge in [-0.2, -0.15) is 0 Å². The Kier molecular flexibility index (Phi) is 2.38. The van der Waals surface area contributed by atoms with Crippen LogP contribution in [-0.4, -0.2) is 0 Å². The third-order valence-corrected chi connectivity index (χ3v) is 3.35. The second-order valence-electron chi connectivity index (χ2n) is 3.38. The van der Waals surface area contributed by atoms with Crippen LogP contribution in [0.25, 0.3) is 10.4 Å². The van der Waals surface area contributed by atoms with Crippen molar-refractivity contribution in [3.05, 3.63) is 46.6 Å². The maximum absolute atomic E-state index is 12.7. The van der Waals surface area contributed by atoms with Gasteiger partial charge in [0.05, 0.1) is 0 Å². The van der Waals surface area contributed by atoms with Crippen molar-refractivity contribution in [2.45, 2.75) is 13.8 Å². The molecule has 1 heterocycles. The molecule has 1 aromatic heterocycles. The fourth-order valence-electron chi connectivity index (χ4n) is 1.53. The monoisotopic (exact) mass is 206 g/mol. The molecule has 0 atom stereocenters. The molecule has 0 saturated heterocycles. The van der Waals surface area contributed by atoms with Gasteiger partial charge in [0, 0.05) is 9.75 Å². The van der Waals surface area contributed by atoms with E-state index in [4.69, 9.17) is 0 Å². The van der Waals surface area contributed by atoms with E-state index < -0.39 is 0 Å². The molecule has 72 valence electrons. The molecular formula is C12H11FS. The number of hydrogen-bond donors (Lipinski definition) is 0. The minimum Gasteiger partial charge on any atom is -0.207 e. The lowest BCUT2D eigenvalue weighted by Gasteiger charge is -1.98. The molecule has 2 rings (SSSR count). The van der Waals surface area contributed by atoms with Crippen LogP contribution in [0, 0.1) is 19.7 Å². The van der Waals surface area contributed by atoms with Crippen molar-refractivity contribution < 1.29 is 4.39 Å². The fourth-order valence-corrected chi connectivity index (χ4v) is 2.56. The Bertz CT molecular complexity index is 440. The number of thiophene rings is 1. The fraction of sp³-hybridized carbons (Fsp3) is 0.167. The average Bonchev–Trinajstić information content (AvgIpc) is 2.47. The summed E-state index contributed by atoms with van der Waals surface area (Å²) in [5, 5.41) is 0. The van der Waals surface area contributed by atoms with Crippen LogP contribution >= 0.6 is 11.3 Å². The van der Waals surface area contributed by atoms with Crippen LogP contribution in [0.5, 0.6) is 0 Å². The van der Waals surface area contributed by atoms with Crippen LogP contribution in [-0.2, 0) is 0 Å². The lowest BCUT2D eigenvalue weighted by Crippen LogP contribution is -1.76. The van der Waals surface area contributed by atoms with E-state index in [2.05, 4.69) is 19.9 Å². The van der Waals surface area contributed by atoms with Crippen LogP contribution in [0.15, 0.2) is 30.3 Å². The maximum atomic E-state index is 12.7. The van der Waals surface area contributed by atoms with Crippen LogP contribution in [0.2, 0.25) is 0 Å². The molecule has 0 N–H and O–H groups in total. The van der Waals surface area contributed by atoms with Crippen molar-refractivity contribution in [2.24, 2.45) is 0 Å². The largest absolute Gasteiger partial charge is 0.207 e. The first-order valence-corrected chi connectivity index (χ1v) is 5.31. The molecule has 0 nitrogen and oxygen atoms in total. The Morgan fingerprint density at radius 1 is 1.07 bits per heavy atom. The zero-order chi connectivity index (χ0) is 10.1. The number of halogens is 1. The highest BCUT2D eigenvalue weighted by Gasteiger charge is 2.05. The zero-order valence-corrected chi connectivity index (χ0v) is 8.99. The van der Waals surface area contributed by atoms with E-state index in [1.807, 2.05) is 12.1 Å². The highest BCUT2D eigenvalue weighted by molar-refractivity contribution is 7.15. The van der Waals surface area contributed by atoms with Crippen LogP contribution < -0.4 is 0 Å². The minimum absolute atomic E-state index is 0.181. The van der Waals surface area contributed by atoms with E-state index in [0.29, 0.717) is 0 Å². The van der Waals surface area contributed by atoms with Crippen molar-refractivity contribution in [1.29, 1.82) is 0 Å². The van der Waals surface area contributed by atoms with Gasteiger partial charge in [0.15, 0.2) is 0 Å². The van der Waals surface area contributed by atoms with Gasteiger partial charge in [-0.3, -0.25) is 0 Å². The number of hydrogen-bond acceptors (Lipinski definition) is 1. The first kappa shape index (κ1) is 9.41. The first-order valence-electron chi connectivity index (χ1n) is 4.50. The molecule has 0 bridgehead atoms. The summed E-state index contributed by atoms with van der Waals surface area (Å²) in [4.78, 5) is 2.53. The van der Waals surface area contributed by atoms with Crippen molar-refractivity contribution in [1.82, 2.24) is 0 Å². The molecule has 0 spiro atoms. The van der Waals surface area contributed by atoms with Crippen LogP contribution in [0.3, 0.4) is 0 Å². The van der Waals surface area contributed by atoms with E-state index in [9.17, 15) is 4.39 Å². The predicted octanol–water partition coefficient (Wildman–Crippen LogP) is 4.17. The molecule has 0 aliphatic carbocycles. The molecule has 14 heavy (non-hydrogen) atoms. The zero-order valence-electron chi connectivity index (χ0n) is 8.17. The molecule has 2 heteroatoms. The highest BCUT2D eigenvalue weighted by atomic mass is 32.1. The van der Waals surface area contributed by atoms with Crippen LogP contribution in [0.4, 0.5) is 4.39 Å². The molecule has 1 aromatic carbocycles. The lowest BCUT2D eigenvalue weighted by molar-refractivity contribution is 0.628. The van der Waals surface area contributed by atoms with Gasteiger partial charge in [-0.05, 0) is 43.2 Å². The van der Waals surface area contributed by atoms with E-state index in [1.54, 1.807) is 11.3 Å². The van der Waals surface area contributed by atoms with Gasteiger partial charge < -0.3 is 0 Å². The maximum Gasteiger partial charge on any atom is 0.123 e. The summed E-state index contributed by atoms with van der Waals surface area (Å²) in [6.07, 6.45) is 0. The molecule has 2 aromatic rings. The topological polar surface area (TPSA) is 0 Å². The number of benzene rings is 1. The predicted molar refractivity (Wildman–Crippen MR) is 59.2 cm³/mol. The summed E-state index contributed by atoms with van der Waals surface area (Å²) in [5.74, 6) is -0.181. The summed E-state index contributed by atoms with van der Waals surface area (Å²) >= 11 is 1.75. The molecule has 0 aliphatic heterocycles. The first-order chi connectivity index (χ1) is 6.66. The van der Waals surface area contributed by atoms with Crippen molar-refractivity contribution in [3.8, 4) is 10.4 Å². The van der Waals surface area contributed by atoms with Crippen molar-refractivity contribution in [2.75, 3.05) is 0 Å². The lowest BCUT2D eigenvalue weighted by atomic mass is 10.1. The second-order valence-corrected chi connectivity index (χ2v) is 4.63. The van der Waals surface area contributed by atoms with Crippen molar-refractivity contribution in [3.63, 3.8) is 0 Å². The Balaban J connectivity index is 2.49. The van der Waals surface area contributed by atoms with Gasteiger partial charge in [-0.15, -0.1) is 11.3 Å². The molecule has 0 unspecified atom stereocenters. The Labute approximate surface area is 87.0 Å². The third-order valence-electron chi connectivity index (χ3n) is 2.15. The molecule has 0 amide bonds. The van der Waals surface area contributed by atoms with E-state index in [0.717, 1.165) is 5.56 Å². The summed E-state index contributed by atoms with van der Waals surface area (Å²) in [7, 11) is 0. The van der Waals surface area contributed by atoms with E-state index in [-0.39, 0.29) is 5.82 Å². The van der Waals surface area contributed by atoms with Gasteiger partial charge in [-0.25, -0.2) is 4.39 Å². The van der Waals surface area contributed by atoms with Gasteiger partial charge in [-0.1, -0.05) is 12.1 Å².